The molecule has 1 aromatic rings. The zero-order chi connectivity index (χ0) is 9.97. The van der Waals surface area contributed by atoms with E-state index >= 15 is 0 Å². The Hall–Kier alpha value is -1.33. The second kappa shape index (κ2) is 3.81. The van der Waals surface area contributed by atoms with Crippen molar-refractivity contribution in [1.82, 2.24) is 10.9 Å². The van der Waals surface area contributed by atoms with Gasteiger partial charge in [0.2, 0.25) is 0 Å². The maximum Gasteiger partial charge on any atom is 0.189 e. The Morgan fingerprint density at radius 1 is 1.43 bits per heavy atom. The number of thiocarbonyl (C=S) groups is 1. The number of para-hydroxylation sites is 2. The van der Waals surface area contributed by atoms with Crippen LogP contribution in [0.2, 0.25) is 0 Å². The van der Waals surface area contributed by atoms with Gasteiger partial charge in [0.15, 0.2) is 5.11 Å². The fraction of sp³-hybridized carbons (Fsp3) is 0.222. The highest BCUT2D eigenvalue weighted by molar-refractivity contribution is 7.80. The third kappa shape index (κ3) is 1.51. The molecule has 0 atom stereocenters. The molecule has 0 saturated carbocycles. The van der Waals surface area contributed by atoms with Gasteiger partial charge in [0.25, 0.3) is 0 Å². The van der Waals surface area contributed by atoms with Gasteiger partial charge in [-0.15, -0.1) is 0 Å². The Balaban J connectivity index is 2.35. The van der Waals surface area contributed by atoms with Crippen LogP contribution < -0.4 is 20.5 Å². The molecule has 1 saturated heterocycles. The summed E-state index contributed by atoms with van der Waals surface area (Å²) in [6.45, 7) is 0.652. The highest BCUT2D eigenvalue weighted by Crippen LogP contribution is 2.27. The quantitative estimate of drug-likeness (QED) is 0.706. The van der Waals surface area contributed by atoms with Crippen LogP contribution in [0.25, 0.3) is 0 Å². The van der Waals surface area contributed by atoms with Crippen LogP contribution in [0.1, 0.15) is 0 Å². The Labute approximate surface area is 87.8 Å². The minimum absolute atomic E-state index is 0.652. The van der Waals surface area contributed by atoms with E-state index in [-0.39, 0.29) is 0 Å². The van der Waals surface area contributed by atoms with Crippen molar-refractivity contribution in [2.75, 3.05) is 18.7 Å². The van der Waals surface area contributed by atoms with E-state index in [1.165, 1.54) is 0 Å². The Morgan fingerprint density at radius 3 is 2.86 bits per heavy atom. The normalized spacial score (nSPS) is 15.5. The van der Waals surface area contributed by atoms with Crippen LogP contribution in [0, 0.1) is 0 Å². The lowest BCUT2D eigenvalue weighted by molar-refractivity contribution is 0.415. The number of methoxy groups -OCH3 is 1. The molecular weight excluding hydrogens is 198 g/mol. The lowest BCUT2D eigenvalue weighted by Crippen LogP contribution is -2.28. The molecule has 14 heavy (non-hydrogen) atoms. The van der Waals surface area contributed by atoms with Gasteiger partial charge < -0.3 is 4.74 Å². The Morgan fingerprint density at radius 2 is 2.21 bits per heavy atom. The van der Waals surface area contributed by atoms with Gasteiger partial charge in [-0.2, -0.15) is 0 Å². The van der Waals surface area contributed by atoms with Crippen LogP contribution in [-0.2, 0) is 0 Å². The predicted octanol–water partition coefficient (Wildman–Crippen LogP) is 0.852. The van der Waals surface area contributed by atoms with Gasteiger partial charge in [-0.25, -0.2) is 5.43 Å². The first-order valence-electron chi connectivity index (χ1n) is 4.26. The molecule has 2 N–H and O–H groups in total. The monoisotopic (exact) mass is 209 g/mol. The first kappa shape index (κ1) is 9.23. The standard InChI is InChI=1S/C9H11N3OS/c1-13-8-5-3-2-4-7(8)12-6-10-11-9(12)14/h2-5,10H,6H2,1H3,(H,11,14). The van der Waals surface area contributed by atoms with E-state index in [4.69, 9.17) is 17.0 Å². The second-order valence-corrected chi connectivity index (χ2v) is 3.25. The molecule has 1 fully saturated rings. The van der Waals surface area contributed by atoms with E-state index in [1.54, 1.807) is 7.11 Å². The number of nitrogens with zero attached hydrogens (tertiary/aromatic N) is 1. The van der Waals surface area contributed by atoms with E-state index in [9.17, 15) is 0 Å². The summed E-state index contributed by atoms with van der Waals surface area (Å²) in [7, 11) is 1.65. The maximum absolute atomic E-state index is 5.25. The van der Waals surface area contributed by atoms with Crippen molar-refractivity contribution in [2.24, 2.45) is 0 Å². The molecule has 4 nitrogen and oxygen atoms in total. The molecule has 1 aromatic carbocycles. The van der Waals surface area contributed by atoms with Crippen molar-refractivity contribution >= 4 is 23.0 Å². The van der Waals surface area contributed by atoms with E-state index in [2.05, 4.69) is 10.9 Å². The number of ether oxygens (including phenoxy) is 1. The molecule has 5 heteroatoms. The summed E-state index contributed by atoms with van der Waals surface area (Å²) in [6, 6.07) is 7.77. The molecule has 2 rings (SSSR count). The molecule has 0 aliphatic carbocycles. The summed E-state index contributed by atoms with van der Waals surface area (Å²) in [5.41, 5.74) is 6.79. The molecule has 1 aliphatic rings. The van der Waals surface area contributed by atoms with Gasteiger partial charge in [0.1, 0.15) is 5.75 Å². The van der Waals surface area contributed by atoms with E-state index < -0.39 is 0 Å². The highest BCUT2D eigenvalue weighted by Gasteiger charge is 2.19. The minimum Gasteiger partial charge on any atom is -0.495 e. The summed E-state index contributed by atoms with van der Waals surface area (Å²) in [5, 5.41) is 0.662. The second-order valence-electron chi connectivity index (χ2n) is 2.86. The first-order valence-corrected chi connectivity index (χ1v) is 4.67. The van der Waals surface area contributed by atoms with Crippen molar-refractivity contribution in [1.29, 1.82) is 0 Å². The van der Waals surface area contributed by atoms with Crippen LogP contribution in [0.15, 0.2) is 24.3 Å². The fourth-order valence-electron chi connectivity index (χ4n) is 1.38. The lowest BCUT2D eigenvalue weighted by atomic mass is 10.3. The number of hydrazine groups is 1. The number of hydrogen-bond donors (Lipinski definition) is 2. The summed E-state index contributed by atoms with van der Waals surface area (Å²) >= 11 is 5.13. The molecule has 1 heterocycles. The summed E-state index contributed by atoms with van der Waals surface area (Å²) in [4.78, 5) is 1.94. The van der Waals surface area contributed by atoms with Gasteiger partial charge in [0.05, 0.1) is 19.5 Å². The van der Waals surface area contributed by atoms with Crippen LogP contribution in [0.3, 0.4) is 0 Å². The lowest BCUT2D eigenvalue weighted by Gasteiger charge is -2.18. The van der Waals surface area contributed by atoms with Gasteiger partial charge >= 0.3 is 0 Å². The van der Waals surface area contributed by atoms with E-state index in [0.717, 1.165) is 11.4 Å². The molecular formula is C9H11N3OS. The van der Waals surface area contributed by atoms with E-state index in [1.807, 2.05) is 29.2 Å². The van der Waals surface area contributed by atoms with Gasteiger partial charge in [-0.3, -0.25) is 10.3 Å². The number of hydrogen-bond acceptors (Lipinski definition) is 3. The fourth-order valence-corrected chi connectivity index (χ4v) is 1.62. The SMILES string of the molecule is COc1ccccc1N1CNNC1=S. The summed E-state index contributed by atoms with van der Waals surface area (Å²) in [5.74, 6) is 0.820. The topological polar surface area (TPSA) is 36.5 Å². The largest absolute Gasteiger partial charge is 0.495 e. The van der Waals surface area contributed by atoms with Crippen LogP contribution in [-0.4, -0.2) is 18.9 Å². The average Bonchev–Trinajstić information content (AvgIpc) is 2.64. The number of benzene rings is 1. The molecule has 0 bridgehead atoms. The number of nitrogens with one attached hydrogen (secondary N) is 2. The van der Waals surface area contributed by atoms with E-state index in [0.29, 0.717) is 11.8 Å². The van der Waals surface area contributed by atoms with Crippen molar-refractivity contribution in [2.45, 2.75) is 0 Å². The predicted molar refractivity (Wildman–Crippen MR) is 59.2 cm³/mol. The summed E-state index contributed by atoms with van der Waals surface area (Å²) in [6.07, 6.45) is 0. The summed E-state index contributed by atoms with van der Waals surface area (Å²) < 4.78 is 5.25. The molecule has 0 spiro atoms. The van der Waals surface area contributed by atoms with Gasteiger partial charge in [0, 0.05) is 0 Å². The van der Waals surface area contributed by atoms with Crippen molar-refractivity contribution in [3.8, 4) is 5.75 Å². The Bertz CT molecular complexity index is 356. The van der Waals surface area contributed by atoms with Crippen molar-refractivity contribution in [3.05, 3.63) is 24.3 Å². The molecule has 1 aliphatic heterocycles. The van der Waals surface area contributed by atoms with Gasteiger partial charge in [-0.05, 0) is 24.4 Å². The molecule has 0 unspecified atom stereocenters. The van der Waals surface area contributed by atoms with Crippen LogP contribution >= 0.6 is 12.2 Å². The van der Waals surface area contributed by atoms with Gasteiger partial charge in [-0.1, -0.05) is 12.1 Å². The maximum atomic E-state index is 5.25. The number of rotatable bonds is 2. The van der Waals surface area contributed by atoms with Crippen molar-refractivity contribution < 1.29 is 4.74 Å². The highest BCUT2D eigenvalue weighted by atomic mass is 32.1. The molecule has 0 radical (unpaired) electrons. The zero-order valence-corrected chi connectivity index (χ0v) is 8.60. The third-order valence-electron chi connectivity index (χ3n) is 2.05. The number of anilines is 1. The Kier molecular flexibility index (Phi) is 2.51. The molecule has 0 amide bonds. The smallest absolute Gasteiger partial charge is 0.189 e. The molecule has 74 valence electrons. The first-order chi connectivity index (χ1) is 6.83. The van der Waals surface area contributed by atoms with Crippen molar-refractivity contribution in [3.63, 3.8) is 0 Å². The van der Waals surface area contributed by atoms with Crippen LogP contribution in [0.5, 0.6) is 5.75 Å². The van der Waals surface area contributed by atoms with Crippen LogP contribution in [0.4, 0.5) is 5.69 Å². The average molecular weight is 209 g/mol. The zero-order valence-electron chi connectivity index (χ0n) is 7.78. The molecule has 0 aromatic heterocycles. The minimum atomic E-state index is 0.652. The third-order valence-corrected chi connectivity index (χ3v) is 2.38.